The molecule has 0 fully saturated rings. The zero-order valence-electron chi connectivity index (χ0n) is 21.9. The molecule has 1 heterocycles. The van der Waals surface area contributed by atoms with Gasteiger partial charge in [-0.1, -0.05) is 110 Å². The van der Waals surface area contributed by atoms with Crippen LogP contribution in [0.1, 0.15) is 55.0 Å². The summed E-state index contributed by atoms with van der Waals surface area (Å²) < 4.78 is 0. The van der Waals surface area contributed by atoms with Crippen molar-refractivity contribution in [1.29, 1.82) is 0 Å². The summed E-state index contributed by atoms with van der Waals surface area (Å²) in [5, 5.41) is 0. The number of hydrogen-bond acceptors (Lipinski definition) is 3. The number of benzene rings is 4. The van der Waals surface area contributed by atoms with Gasteiger partial charge in [0.05, 0.1) is 11.4 Å². The monoisotopic (exact) mass is 485 g/mol. The number of allylic oxidation sites excluding steroid dienone is 1. The fraction of sp³-hybridized carbons (Fsp3) is 0.206. The molecule has 2 N–H and O–H groups in total. The summed E-state index contributed by atoms with van der Waals surface area (Å²) in [6.07, 6.45) is 2.01. The lowest BCUT2D eigenvalue weighted by molar-refractivity contribution is 0.506. The first-order valence-corrected chi connectivity index (χ1v) is 13.2. The molecule has 1 aliphatic rings. The van der Waals surface area contributed by atoms with Gasteiger partial charge in [0.2, 0.25) is 0 Å². The lowest BCUT2D eigenvalue weighted by Gasteiger charge is -2.28. The highest BCUT2D eigenvalue weighted by molar-refractivity contribution is 6.13. The van der Waals surface area contributed by atoms with E-state index in [2.05, 4.69) is 134 Å². The Morgan fingerprint density at radius 1 is 0.757 bits per heavy atom. The summed E-state index contributed by atoms with van der Waals surface area (Å²) in [7, 11) is 1.91. The molecule has 5 rings (SSSR count). The fourth-order valence-electron chi connectivity index (χ4n) is 5.30. The van der Waals surface area contributed by atoms with Crippen molar-refractivity contribution in [3.63, 3.8) is 0 Å². The smallest absolute Gasteiger partial charge is 0.0743 e. The van der Waals surface area contributed by atoms with Crippen LogP contribution in [-0.4, -0.2) is 12.8 Å². The van der Waals surface area contributed by atoms with Gasteiger partial charge in [-0.3, -0.25) is 15.8 Å². The van der Waals surface area contributed by atoms with Gasteiger partial charge in [-0.15, -0.1) is 0 Å². The van der Waals surface area contributed by atoms with Crippen molar-refractivity contribution < 1.29 is 0 Å². The molecular weight excluding hydrogens is 450 g/mol. The van der Waals surface area contributed by atoms with Gasteiger partial charge < -0.3 is 0 Å². The fourth-order valence-corrected chi connectivity index (χ4v) is 5.30. The molecule has 1 unspecified atom stereocenters. The summed E-state index contributed by atoms with van der Waals surface area (Å²) in [5.41, 5.74) is 17.3. The van der Waals surface area contributed by atoms with Crippen molar-refractivity contribution in [3.05, 3.63) is 131 Å². The highest BCUT2D eigenvalue weighted by atomic mass is 15.3. The molecular formula is C34H35N3. The van der Waals surface area contributed by atoms with Crippen molar-refractivity contribution in [2.75, 3.05) is 7.05 Å². The highest BCUT2D eigenvalue weighted by Gasteiger charge is 2.28. The van der Waals surface area contributed by atoms with E-state index in [0.29, 0.717) is 5.92 Å². The molecule has 0 saturated heterocycles. The maximum atomic E-state index is 5.48. The maximum absolute atomic E-state index is 5.48. The molecule has 4 aromatic carbocycles. The van der Waals surface area contributed by atoms with Crippen LogP contribution in [0.15, 0.2) is 114 Å². The van der Waals surface area contributed by atoms with E-state index in [9.17, 15) is 0 Å². The van der Waals surface area contributed by atoms with E-state index in [-0.39, 0.29) is 6.04 Å². The van der Waals surface area contributed by atoms with E-state index in [1.807, 2.05) is 7.05 Å². The van der Waals surface area contributed by atoms with E-state index in [1.54, 1.807) is 0 Å². The average Bonchev–Trinajstić information content (AvgIpc) is 2.97. The van der Waals surface area contributed by atoms with Crippen molar-refractivity contribution in [2.24, 2.45) is 10.9 Å². The normalized spacial score (nSPS) is 16.4. The Bertz CT molecular complexity index is 1400. The Morgan fingerprint density at radius 3 is 2.05 bits per heavy atom. The highest BCUT2D eigenvalue weighted by Crippen LogP contribution is 2.41. The molecule has 2 atom stereocenters. The Morgan fingerprint density at radius 2 is 1.38 bits per heavy atom. The molecule has 3 nitrogen and oxygen atoms in total. The molecule has 0 aliphatic carbocycles. The molecule has 0 amide bonds. The van der Waals surface area contributed by atoms with E-state index >= 15 is 0 Å². The van der Waals surface area contributed by atoms with Gasteiger partial charge >= 0.3 is 0 Å². The van der Waals surface area contributed by atoms with Crippen LogP contribution in [0.3, 0.4) is 0 Å². The zero-order valence-corrected chi connectivity index (χ0v) is 21.9. The molecule has 186 valence electrons. The topological polar surface area (TPSA) is 36.4 Å². The molecule has 0 saturated carbocycles. The van der Waals surface area contributed by atoms with Crippen LogP contribution >= 0.6 is 0 Å². The SMILES string of the molecule is CCC1CC(c2ccccc2)=C(c2ccccc2)N=C1c1ccccc1-c1cccc([C@@H](C)NNC)c1. The second-order valence-electron chi connectivity index (χ2n) is 9.65. The van der Waals surface area contributed by atoms with Crippen LogP contribution in [-0.2, 0) is 0 Å². The minimum absolute atomic E-state index is 0.202. The van der Waals surface area contributed by atoms with Gasteiger partial charge in [-0.2, -0.15) is 0 Å². The zero-order chi connectivity index (χ0) is 25.6. The predicted molar refractivity (Wildman–Crippen MR) is 157 cm³/mol. The van der Waals surface area contributed by atoms with E-state index in [0.717, 1.165) is 18.5 Å². The third kappa shape index (κ3) is 5.34. The van der Waals surface area contributed by atoms with Crippen LogP contribution in [0.2, 0.25) is 0 Å². The van der Waals surface area contributed by atoms with Crippen molar-refractivity contribution in [3.8, 4) is 11.1 Å². The van der Waals surface area contributed by atoms with Gasteiger partial charge in [-0.25, -0.2) is 0 Å². The van der Waals surface area contributed by atoms with Gasteiger partial charge in [0.1, 0.15) is 0 Å². The lowest BCUT2D eigenvalue weighted by atomic mass is 9.80. The first kappa shape index (κ1) is 24.9. The third-order valence-corrected chi connectivity index (χ3v) is 7.28. The summed E-state index contributed by atoms with van der Waals surface area (Å²) >= 11 is 0. The molecule has 0 radical (unpaired) electrons. The van der Waals surface area contributed by atoms with Crippen LogP contribution in [0, 0.1) is 5.92 Å². The Balaban J connectivity index is 1.67. The number of aliphatic imine (C=N–C) groups is 1. The standard InChI is InChI=1S/C34H35N3/c1-4-25-23-32(26-14-7-5-8-15-26)34(27-16-9-6-10-17-27)36-33(25)31-21-12-11-20-30(31)29-19-13-18-28(22-29)24(2)37-35-3/h5-22,24-25,35,37H,4,23H2,1-3H3/t24-,25?/m1/s1. The van der Waals surface area contributed by atoms with Crippen LogP contribution in [0.5, 0.6) is 0 Å². The first-order chi connectivity index (χ1) is 18.2. The van der Waals surface area contributed by atoms with E-state index < -0.39 is 0 Å². The summed E-state index contributed by atoms with van der Waals surface area (Å²) in [5.74, 6) is 0.344. The molecule has 0 bridgehead atoms. The lowest BCUT2D eigenvalue weighted by Crippen LogP contribution is -2.30. The molecule has 4 aromatic rings. The van der Waals surface area contributed by atoms with E-state index in [4.69, 9.17) is 4.99 Å². The Hall–Kier alpha value is -3.79. The van der Waals surface area contributed by atoms with Crippen LogP contribution in [0.4, 0.5) is 0 Å². The van der Waals surface area contributed by atoms with Gasteiger partial charge in [-0.05, 0) is 60.7 Å². The summed E-state index contributed by atoms with van der Waals surface area (Å²) in [6, 6.07) is 39.2. The Labute approximate surface area is 221 Å². The number of rotatable bonds is 8. The Kier molecular flexibility index (Phi) is 7.74. The van der Waals surface area contributed by atoms with Crippen molar-refractivity contribution in [1.82, 2.24) is 10.9 Å². The van der Waals surface area contributed by atoms with Crippen molar-refractivity contribution >= 4 is 17.0 Å². The second-order valence-corrected chi connectivity index (χ2v) is 9.65. The quantitative estimate of drug-likeness (QED) is 0.249. The predicted octanol–water partition coefficient (Wildman–Crippen LogP) is 7.93. The molecule has 0 aromatic heterocycles. The summed E-state index contributed by atoms with van der Waals surface area (Å²) in [4.78, 5) is 5.48. The number of hydrogen-bond donors (Lipinski definition) is 2. The largest absolute Gasteiger partial charge is 0.260 e. The number of nitrogens with zero attached hydrogens (tertiary/aromatic N) is 1. The average molecular weight is 486 g/mol. The second kappa shape index (κ2) is 11.5. The van der Waals surface area contributed by atoms with E-state index in [1.165, 1.54) is 44.7 Å². The van der Waals surface area contributed by atoms with Crippen LogP contribution < -0.4 is 10.9 Å². The van der Waals surface area contributed by atoms with Gasteiger partial charge in [0.15, 0.2) is 0 Å². The molecule has 37 heavy (non-hydrogen) atoms. The minimum atomic E-state index is 0.202. The van der Waals surface area contributed by atoms with Crippen LogP contribution in [0.25, 0.3) is 22.4 Å². The molecule has 0 spiro atoms. The third-order valence-electron chi connectivity index (χ3n) is 7.28. The number of nitrogens with one attached hydrogen (secondary N) is 2. The van der Waals surface area contributed by atoms with Gasteiger partial charge in [0, 0.05) is 23.1 Å². The minimum Gasteiger partial charge on any atom is -0.260 e. The number of hydrazine groups is 1. The molecule has 3 heteroatoms. The maximum Gasteiger partial charge on any atom is 0.0743 e. The summed E-state index contributed by atoms with van der Waals surface area (Å²) in [6.45, 7) is 4.45. The van der Waals surface area contributed by atoms with Crippen molar-refractivity contribution in [2.45, 2.75) is 32.7 Å². The molecule has 1 aliphatic heterocycles. The van der Waals surface area contributed by atoms with Gasteiger partial charge in [0.25, 0.3) is 0 Å². The first-order valence-electron chi connectivity index (χ1n) is 13.2.